The maximum Gasteiger partial charge on any atom is 0.187 e. The fourth-order valence-electron chi connectivity index (χ4n) is 1.39. The average Bonchev–Trinajstić information content (AvgIpc) is 2.74. The van der Waals surface area contributed by atoms with E-state index in [-0.39, 0.29) is 0 Å². The summed E-state index contributed by atoms with van der Waals surface area (Å²) in [6.07, 6.45) is 0. The zero-order chi connectivity index (χ0) is 11.5. The number of halogens is 1. The summed E-state index contributed by atoms with van der Waals surface area (Å²) >= 11 is 7.02. The average molecular weight is 256 g/mol. The van der Waals surface area contributed by atoms with Gasteiger partial charge < -0.3 is 9.64 Å². The quantitative estimate of drug-likeness (QED) is 0.845. The summed E-state index contributed by atoms with van der Waals surface area (Å²) in [6, 6.07) is 7.67. The third kappa shape index (κ3) is 1.96. The number of aromatic nitrogens is 2. The predicted molar refractivity (Wildman–Crippen MR) is 66.0 cm³/mol. The Balaban J connectivity index is 2.41. The summed E-state index contributed by atoms with van der Waals surface area (Å²) in [7, 11) is 3.51. The van der Waals surface area contributed by atoms with Gasteiger partial charge in [0, 0.05) is 7.05 Å². The Morgan fingerprint density at radius 1 is 1.31 bits per heavy atom. The SMILES string of the molecule is COc1ccccc1N(C)c1nsnc1Cl. The van der Waals surface area contributed by atoms with Crippen LogP contribution in [0.4, 0.5) is 11.5 Å². The molecule has 2 rings (SSSR count). The molecule has 0 N–H and O–H groups in total. The van der Waals surface area contributed by atoms with Crippen LogP contribution in [0, 0.1) is 0 Å². The number of methoxy groups -OCH3 is 1. The lowest BCUT2D eigenvalue weighted by molar-refractivity contribution is 0.415. The van der Waals surface area contributed by atoms with Crippen molar-refractivity contribution in [3.63, 3.8) is 0 Å². The van der Waals surface area contributed by atoms with Crippen LogP contribution in [0.3, 0.4) is 0 Å². The van der Waals surface area contributed by atoms with E-state index in [2.05, 4.69) is 8.75 Å². The molecule has 0 saturated heterocycles. The molecule has 0 bridgehead atoms. The fourth-order valence-corrected chi connectivity index (χ4v) is 2.19. The smallest absolute Gasteiger partial charge is 0.187 e. The van der Waals surface area contributed by atoms with Crippen molar-refractivity contribution in [1.29, 1.82) is 0 Å². The maximum absolute atomic E-state index is 5.93. The first-order valence-corrected chi connectivity index (χ1v) is 5.69. The molecule has 84 valence electrons. The Bertz CT molecular complexity index is 488. The van der Waals surface area contributed by atoms with Crippen molar-refractivity contribution in [1.82, 2.24) is 8.75 Å². The minimum absolute atomic E-state index is 0.401. The topological polar surface area (TPSA) is 38.2 Å². The van der Waals surface area contributed by atoms with Gasteiger partial charge in [-0.2, -0.15) is 8.75 Å². The third-order valence-electron chi connectivity index (χ3n) is 2.20. The van der Waals surface area contributed by atoms with Gasteiger partial charge in [-0.15, -0.1) is 0 Å². The maximum atomic E-state index is 5.93. The molecular weight excluding hydrogens is 246 g/mol. The molecule has 0 aliphatic rings. The number of para-hydroxylation sites is 2. The Morgan fingerprint density at radius 2 is 2.06 bits per heavy atom. The van der Waals surface area contributed by atoms with Crippen molar-refractivity contribution in [3.05, 3.63) is 29.4 Å². The number of anilines is 2. The number of benzene rings is 1. The first-order valence-electron chi connectivity index (χ1n) is 4.59. The van der Waals surface area contributed by atoms with Gasteiger partial charge in [-0.05, 0) is 12.1 Å². The van der Waals surface area contributed by atoms with Crippen LogP contribution in [0.5, 0.6) is 5.75 Å². The van der Waals surface area contributed by atoms with Crippen LogP contribution in [0.2, 0.25) is 5.15 Å². The van der Waals surface area contributed by atoms with E-state index < -0.39 is 0 Å². The third-order valence-corrected chi connectivity index (χ3v) is 3.07. The van der Waals surface area contributed by atoms with Crippen LogP contribution in [-0.2, 0) is 0 Å². The number of ether oxygens (including phenoxy) is 1. The second-order valence-corrected chi connectivity index (χ2v) is 4.00. The number of nitrogens with zero attached hydrogens (tertiary/aromatic N) is 3. The number of rotatable bonds is 3. The van der Waals surface area contributed by atoms with E-state index in [0.29, 0.717) is 11.0 Å². The van der Waals surface area contributed by atoms with Gasteiger partial charge in [0.25, 0.3) is 0 Å². The van der Waals surface area contributed by atoms with Gasteiger partial charge in [0.1, 0.15) is 5.75 Å². The minimum atomic E-state index is 0.401. The zero-order valence-electron chi connectivity index (χ0n) is 8.85. The van der Waals surface area contributed by atoms with E-state index in [1.54, 1.807) is 7.11 Å². The normalized spacial score (nSPS) is 10.2. The largest absolute Gasteiger partial charge is 0.495 e. The molecule has 4 nitrogen and oxygen atoms in total. The van der Waals surface area contributed by atoms with Gasteiger partial charge in [-0.25, -0.2) is 0 Å². The van der Waals surface area contributed by atoms with Crippen LogP contribution in [0.25, 0.3) is 0 Å². The van der Waals surface area contributed by atoms with E-state index in [0.717, 1.165) is 23.2 Å². The molecule has 0 aliphatic heterocycles. The summed E-state index contributed by atoms with van der Waals surface area (Å²) in [5.41, 5.74) is 0.902. The van der Waals surface area contributed by atoms with Crippen LogP contribution >= 0.6 is 23.3 Å². The van der Waals surface area contributed by atoms with Gasteiger partial charge in [-0.1, -0.05) is 23.7 Å². The molecule has 0 atom stereocenters. The van der Waals surface area contributed by atoms with Gasteiger partial charge in [0.2, 0.25) is 0 Å². The van der Waals surface area contributed by atoms with Crippen LogP contribution in [0.1, 0.15) is 0 Å². The van der Waals surface area contributed by atoms with E-state index >= 15 is 0 Å². The molecule has 0 fully saturated rings. The molecule has 2 aromatic rings. The molecule has 6 heteroatoms. The standard InChI is InChI=1S/C10H10ClN3OS/c1-14(10-9(11)12-16-13-10)7-5-3-4-6-8(7)15-2/h3-6H,1-2H3. The van der Waals surface area contributed by atoms with Crippen molar-refractivity contribution < 1.29 is 4.74 Å². The highest BCUT2D eigenvalue weighted by molar-refractivity contribution is 6.99. The number of hydrogen-bond donors (Lipinski definition) is 0. The number of hydrogen-bond acceptors (Lipinski definition) is 5. The second kappa shape index (κ2) is 4.67. The lowest BCUT2D eigenvalue weighted by Gasteiger charge is -2.18. The zero-order valence-corrected chi connectivity index (χ0v) is 10.4. The van der Waals surface area contributed by atoms with Gasteiger partial charge in [-0.3, -0.25) is 0 Å². The molecule has 0 unspecified atom stereocenters. The summed E-state index contributed by atoms with van der Waals surface area (Å²) in [4.78, 5) is 1.85. The summed E-state index contributed by atoms with van der Waals surface area (Å²) in [5.74, 6) is 1.41. The predicted octanol–water partition coefficient (Wildman–Crippen LogP) is 2.97. The first-order chi connectivity index (χ1) is 7.74. The molecule has 1 aromatic heterocycles. The summed E-state index contributed by atoms with van der Waals surface area (Å²) in [5, 5.41) is 0.401. The molecule has 0 aliphatic carbocycles. The van der Waals surface area contributed by atoms with Crippen molar-refractivity contribution in [2.45, 2.75) is 0 Å². The highest BCUT2D eigenvalue weighted by atomic mass is 35.5. The van der Waals surface area contributed by atoms with Crippen molar-refractivity contribution in [2.75, 3.05) is 19.1 Å². The van der Waals surface area contributed by atoms with Gasteiger partial charge in [0.05, 0.1) is 24.5 Å². The van der Waals surface area contributed by atoms with Crippen LogP contribution < -0.4 is 9.64 Å². The van der Waals surface area contributed by atoms with Crippen molar-refractivity contribution >= 4 is 34.8 Å². The fraction of sp³-hybridized carbons (Fsp3) is 0.200. The Hall–Kier alpha value is -1.33. The van der Waals surface area contributed by atoms with E-state index in [1.807, 2.05) is 36.2 Å². The Labute approximate surface area is 103 Å². The van der Waals surface area contributed by atoms with Gasteiger partial charge >= 0.3 is 0 Å². The molecule has 1 aromatic carbocycles. The van der Waals surface area contributed by atoms with E-state index in [4.69, 9.17) is 16.3 Å². The Morgan fingerprint density at radius 3 is 2.69 bits per heavy atom. The van der Waals surface area contributed by atoms with Crippen LogP contribution in [0.15, 0.2) is 24.3 Å². The highest BCUT2D eigenvalue weighted by Gasteiger charge is 2.15. The second-order valence-electron chi connectivity index (χ2n) is 3.11. The summed E-state index contributed by atoms with van der Waals surface area (Å²) < 4.78 is 13.3. The van der Waals surface area contributed by atoms with Crippen LogP contribution in [-0.4, -0.2) is 22.9 Å². The van der Waals surface area contributed by atoms with Crippen molar-refractivity contribution in [2.24, 2.45) is 0 Å². The van der Waals surface area contributed by atoms with E-state index in [9.17, 15) is 0 Å². The molecule has 0 amide bonds. The molecule has 0 saturated carbocycles. The van der Waals surface area contributed by atoms with Crippen molar-refractivity contribution in [3.8, 4) is 5.75 Å². The molecule has 1 heterocycles. The van der Waals surface area contributed by atoms with E-state index in [1.165, 1.54) is 0 Å². The Kier molecular flexibility index (Phi) is 3.26. The first kappa shape index (κ1) is 11.2. The molecular formula is C10H10ClN3OS. The molecule has 16 heavy (non-hydrogen) atoms. The molecule has 0 spiro atoms. The lowest BCUT2D eigenvalue weighted by Crippen LogP contribution is -2.11. The van der Waals surface area contributed by atoms with Gasteiger partial charge in [0.15, 0.2) is 11.0 Å². The minimum Gasteiger partial charge on any atom is -0.495 e. The monoisotopic (exact) mass is 255 g/mol. The molecule has 0 radical (unpaired) electrons. The highest BCUT2D eigenvalue weighted by Crippen LogP contribution is 2.34. The lowest BCUT2D eigenvalue weighted by atomic mass is 10.2. The summed E-state index contributed by atoms with van der Waals surface area (Å²) in [6.45, 7) is 0.